The molecule has 4 nitrogen and oxygen atoms in total. The summed E-state index contributed by atoms with van der Waals surface area (Å²) >= 11 is 0. The maximum atomic E-state index is 12.3. The molecular formula is C8H10F2N2O2. The molecule has 1 aromatic rings. The molecule has 1 rings (SSSR count). The average molecular weight is 204 g/mol. The van der Waals surface area contributed by atoms with Crippen molar-refractivity contribution in [2.24, 2.45) is 0 Å². The minimum Gasteiger partial charge on any atom is -0.481 e. The molecule has 0 aliphatic rings. The number of nitrogens with two attached hydrogens (primary N) is 1. The zero-order valence-corrected chi connectivity index (χ0v) is 7.50. The predicted molar refractivity (Wildman–Crippen MR) is 46.1 cm³/mol. The van der Waals surface area contributed by atoms with Crippen LogP contribution < -0.4 is 10.5 Å². The highest BCUT2D eigenvalue weighted by molar-refractivity contribution is 5.46. The first-order chi connectivity index (χ1) is 6.60. The van der Waals surface area contributed by atoms with Crippen LogP contribution in [0, 0.1) is 0 Å². The fourth-order valence-corrected chi connectivity index (χ4v) is 1.03. The first-order valence-corrected chi connectivity index (χ1v) is 3.82. The van der Waals surface area contributed by atoms with Crippen LogP contribution >= 0.6 is 0 Å². The Kier molecular flexibility index (Phi) is 3.19. The van der Waals surface area contributed by atoms with Crippen LogP contribution in [0.4, 0.5) is 14.6 Å². The molecule has 0 atom stereocenters. The zero-order valence-electron chi connectivity index (χ0n) is 7.50. The Hall–Kier alpha value is -1.43. The molecule has 1 heterocycles. The topological polar surface area (TPSA) is 68.4 Å². The first kappa shape index (κ1) is 10.6. The second-order valence-electron chi connectivity index (χ2n) is 2.59. The fourth-order valence-electron chi connectivity index (χ4n) is 1.03. The normalized spacial score (nSPS) is 10.6. The summed E-state index contributed by atoms with van der Waals surface area (Å²) in [5.41, 5.74) is 5.07. The highest BCUT2D eigenvalue weighted by Crippen LogP contribution is 2.28. The quantitative estimate of drug-likeness (QED) is 0.773. The molecule has 3 N–H and O–H groups in total. The molecule has 0 aromatic carbocycles. The summed E-state index contributed by atoms with van der Waals surface area (Å²) in [6.45, 7) is -0.420. The summed E-state index contributed by atoms with van der Waals surface area (Å²) in [6.07, 6.45) is -2.71. The smallest absolute Gasteiger partial charge is 0.267 e. The zero-order chi connectivity index (χ0) is 10.7. The van der Waals surface area contributed by atoms with Crippen molar-refractivity contribution in [2.75, 3.05) is 12.8 Å². The van der Waals surface area contributed by atoms with Crippen LogP contribution in [0.3, 0.4) is 0 Å². The summed E-state index contributed by atoms with van der Waals surface area (Å²) in [5.74, 6) is -0.219. The standard InChI is InChI=1S/C8H10F2N2O2/c1-14-8-4(3-13)2-5(6(9)10)7(11)12-8/h2,6,13H,3H2,1H3,(H2,11,12). The molecule has 0 amide bonds. The van der Waals surface area contributed by atoms with E-state index in [0.29, 0.717) is 0 Å². The Morgan fingerprint density at radius 1 is 1.64 bits per heavy atom. The molecule has 0 unspecified atom stereocenters. The van der Waals surface area contributed by atoms with Gasteiger partial charge in [-0.25, -0.2) is 8.78 Å². The van der Waals surface area contributed by atoms with Crippen molar-refractivity contribution in [1.29, 1.82) is 0 Å². The molecule has 0 radical (unpaired) electrons. The minimum atomic E-state index is -2.71. The third-order valence-corrected chi connectivity index (χ3v) is 1.72. The van der Waals surface area contributed by atoms with Gasteiger partial charge in [-0.3, -0.25) is 0 Å². The number of nitrogen functional groups attached to an aromatic ring is 1. The Labute approximate surface area is 79.3 Å². The van der Waals surface area contributed by atoms with Gasteiger partial charge in [-0.1, -0.05) is 0 Å². The van der Waals surface area contributed by atoms with Gasteiger partial charge in [0.1, 0.15) is 5.82 Å². The van der Waals surface area contributed by atoms with E-state index < -0.39 is 18.6 Å². The number of ether oxygens (including phenoxy) is 1. The lowest BCUT2D eigenvalue weighted by atomic mass is 10.2. The number of hydrogen-bond acceptors (Lipinski definition) is 4. The van der Waals surface area contributed by atoms with Crippen molar-refractivity contribution in [3.05, 3.63) is 17.2 Å². The molecule has 78 valence electrons. The molecule has 0 aliphatic heterocycles. The third kappa shape index (κ3) is 1.90. The van der Waals surface area contributed by atoms with Crippen molar-refractivity contribution in [3.8, 4) is 5.88 Å². The number of alkyl halides is 2. The lowest BCUT2D eigenvalue weighted by Gasteiger charge is -2.09. The van der Waals surface area contributed by atoms with Gasteiger partial charge >= 0.3 is 0 Å². The lowest BCUT2D eigenvalue weighted by molar-refractivity contribution is 0.151. The first-order valence-electron chi connectivity index (χ1n) is 3.82. The number of halogens is 2. The Bertz CT molecular complexity index is 331. The average Bonchev–Trinajstić information content (AvgIpc) is 2.16. The SMILES string of the molecule is COc1nc(N)c(C(F)F)cc1CO. The van der Waals surface area contributed by atoms with Crippen LogP contribution in [0.5, 0.6) is 5.88 Å². The number of nitrogens with zero attached hydrogens (tertiary/aromatic N) is 1. The second kappa shape index (κ2) is 4.19. The second-order valence-corrected chi connectivity index (χ2v) is 2.59. The Morgan fingerprint density at radius 2 is 2.29 bits per heavy atom. The Balaban J connectivity index is 3.23. The summed E-state index contributed by atoms with van der Waals surface area (Å²) in [4.78, 5) is 3.60. The summed E-state index contributed by atoms with van der Waals surface area (Å²) in [5, 5.41) is 8.84. The van der Waals surface area contributed by atoms with Gasteiger partial charge in [0.15, 0.2) is 0 Å². The number of aromatic nitrogens is 1. The van der Waals surface area contributed by atoms with Crippen molar-refractivity contribution < 1.29 is 18.6 Å². The van der Waals surface area contributed by atoms with E-state index in [4.69, 9.17) is 15.6 Å². The number of pyridine rings is 1. The van der Waals surface area contributed by atoms with Gasteiger partial charge in [0.05, 0.1) is 19.3 Å². The molecule has 0 spiro atoms. The monoisotopic (exact) mass is 204 g/mol. The van der Waals surface area contributed by atoms with Crippen LogP contribution in [-0.4, -0.2) is 17.2 Å². The highest BCUT2D eigenvalue weighted by atomic mass is 19.3. The maximum absolute atomic E-state index is 12.3. The predicted octanol–water partition coefficient (Wildman–Crippen LogP) is 1.10. The number of aliphatic hydroxyl groups is 1. The minimum absolute atomic E-state index is 0.0643. The van der Waals surface area contributed by atoms with Crippen molar-refractivity contribution >= 4 is 5.82 Å². The van der Waals surface area contributed by atoms with Crippen LogP contribution in [0.15, 0.2) is 6.07 Å². The molecule has 0 bridgehead atoms. The van der Waals surface area contributed by atoms with Crippen molar-refractivity contribution in [3.63, 3.8) is 0 Å². The van der Waals surface area contributed by atoms with E-state index in [-0.39, 0.29) is 17.3 Å². The maximum Gasteiger partial charge on any atom is 0.267 e. The number of aliphatic hydroxyl groups excluding tert-OH is 1. The van der Waals surface area contributed by atoms with E-state index in [1.54, 1.807) is 0 Å². The van der Waals surface area contributed by atoms with Gasteiger partial charge in [-0.2, -0.15) is 4.98 Å². The molecule has 0 saturated heterocycles. The third-order valence-electron chi connectivity index (χ3n) is 1.72. The van der Waals surface area contributed by atoms with Crippen LogP contribution in [-0.2, 0) is 6.61 Å². The van der Waals surface area contributed by atoms with Gasteiger partial charge < -0.3 is 15.6 Å². The molecule has 6 heteroatoms. The molecule has 0 fully saturated rings. The van der Waals surface area contributed by atoms with Crippen molar-refractivity contribution in [2.45, 2.75) is 13.0 Å². The van der Waals surface area contributed by atoms with E-state index in [1.165, 1.54) is 7.11 Å². The van der Waals surface area contributed by atoms with Crippen LogP contribution in [0.25, 0.3) is 0 Å². The van der Waals surface area contributed by atoms with E-state index >= 15 is 0 Å². The number of hydrogen-bond donors (Lipinski definition) is 2. The number of anilines is 1. The number of rotatable bonds is 3. The van der Waals surface area contributed by atoms with E-state index in [9.17, 15) is 8.78 Å². The van der Waals surface area contributed by atoms with Gasteiger partial charge in [0, 0.05) is 5.56 Å². The summed E-state index contributed by atoms with van der Waals surface area (Å²) in [7, 11) is 1.32. The Morgan fingerprint density at radius 3 is 2.71 bits per heavy atom. The van der Waals surface area contributed by atoms with Crippen molar-refractivity contribution in [1.82, 2.24) is 4.98 Å². The van der Waals surface area contributed by atoms with Gasteiger partial charge in [-0.05, 0) is 6.07 Å². The van der Waals surface area contributed by atoms with E-state index in [2.05, 4.69) is 4.98 Å². The molecule has 1 aromatic heterocycles. The van der Waals surface area contributed by atoms with E-state index in [1.807, 2.05) is 0 Å². The van der Waals surface area contributed by atoms with Crippen LogP contribution in [0.1, 0.15) is 17.6 Å². The van der Waals surface area contributed by atoms with Gasteiger partial charge in [0.25, 0.3) is 6.43 Å². The summed E-state index contributed by atoms with van der Waals surface area (Å²) < 4.78 is 29.4. The lowest BCUT2D eigenvalue weighted by Crippen LogP contribution is -2.04. The molecule has 14 heavy (non-hydrogen) atoms. The largest absolute Gasteiger partial charge is 0.481 e. The fraction of sp³-hybridized carbons (Fsp3) is 0.375. The molecule has 0 saturated carbocycles. The summed E-state index contributed by atoms with van der Waals surface area (Å²) in [6, 6.07) is 1.09. The van der Waals surface area contributed by atoms with Crippen LogP contribution in [0.2, 0.25) is 0 Å². The van der Waals surface area contributed by atoms with E-state index in [0.717, 1.165) is 6.07 Å². The highest BCUT2D eigenvalue weighted by Gasteiger charge is 2.16. The molecule has 0 aliphatic carbocycles. The van der Waals surface area contributed by atoms with Gasteiger partial charge in [-0.15, -0.1) is 0 Å². The number of methoxy groups -OCH3 is 1. The van der Waals surface area contributed by atoms with Gasteiger partial charge in [0.2, 0.25) is 5.88 Å². The molecular weight excluding hydrogens is 194 g/mol.